The molecule has 0 unspecified atom stereocenters. The standard InChI is InChI=1S/C21H19N3O2S/c1-15-5-7-16(8-6-15)21(26)24-18-3-2-4-19(13-18)27-14-20(25)23-17-9-11-22-12-10-17/h2-13H,14H2,1H3,(H,24,26)(H,22,23,25). The molecule has 27 heavy (non-hydrogen) atoms. The lowest BCUT2D eigenvalue weighted by atomic mass is 10.1. The van der Waals surface area contributed by atoms with Crippen molar-refractivity contribution in [1.29, 1.82) is 0 Å². The predicted octanol–water partition coefficient (Wildman–Crippen LogP) is 4.37. The number of aromatic nitrogens is 1. The van der Waals surface area contributed by atoms with E-state index in [9.17, 15) is 9.59 Å². The van der Waals surface area contributed by atoms with Crippen LogP contribution in [0.4, 0.5) is 11.4 Å². The number of hydrogen-bond donors (Lipinski definition) is 2. The average Bonchev–Trinajstić information content (AvgIpc) is 2.68. The van der Waals surface area contributed by atoms with E-state index in [4.69, 9.17) is 0 Å². The number of nitrogens with one attached hydrogen (secondary N) is 2. The van der Waals surface area contributed by atoms with E-state index < -0.39 is 0 Å². The summed E-state index contributed by atoms with van der Waals surface area (Å²) in [5.41, 5.74) is 3.13. The minimum Gasteiger partial charge on any atom is -0.325 e. The van der Waals surface area contributed by atoms with E-state index >= 15 is 0 Å². The van der Waals surface area contributed by atoms with Crippen LogP contribution in [0.5, 0.6) is 0 Å². The van der Waals surface area contributed by atoms with Crippen LogP contribution in [0.2, 0.25) is 0 Å². The summed E-state index contributed by atoms with van der Waals surface area (Å²) in [6.07, 6.45) is 3.26. The molecule has 0 atom stereocenters. The number of pyridine rings is 1. The third-order valence-corrected chi connectivity index (χ3v) is 4.73. The van der Waals surface area contributed by atoms with E-state index in [1.165, 1.54) is 11.8 Å². The van der Waals surface area contributed by atoms with Crippen molar-refractivity contribution in [3.05, 3.63) is 84.2 Å². The molecule has 0 saturated carbocycles. The van der Waals surface area contributed by atoms with Gasteiger partial charge in [0, 0.05) is 34.2 Å². The van der Waals surface area contributed by atoms with Crippen molar-refractivity contribution in [3.8, 4) is 0 Å². The Morgan fingerprint density at radius 2 is 1.67 bits per heavy atom. The van der Waals surface area contributed by atoms with Gasteiger partial charge in [-0.05, 0) is 49.4 Å². The molecule has 3 aromatic rings. The fraction of sp³-hybridized carbons (Fsp3) is 0.0952. The Morgan fingerprint density at radius 3 is 2.41 bits per heavy atom. The Bertz CT molecular complexity index is 928. The molecule has 0 saturated heterocycles. The molecule has 3 rings (SSSR count). The highest BCUT2D eigenvalue weighted by Gasteiger charge is 2.08. The van der Waals surface area contributed by atoms with Gasteiger partial charge in [-0.15, -0.1) is 11.8 Å². The molecule has 0 fully saturated rings. The van der Waals surface area contributed by atoms with Crippen molar-refractivity contribution in [3.63, 3.8) is 0 Å². The molecule has 0 aliphatic heterocycles. The molecule has 0 aliphatic carbocycles. The van der Waals surface area contributed by atoms with Crippen LogP contribution in [0.25, 0.3) is 0 Å². The van der Waals surface area contributed by atoms with Crippen LogP contribution in [0.1, 0.15) is 15.9 Å². The highest BCUT2D eigenvalue weighted by atomic mass is 32.2. The zero-order valence-electron chi connectivity index (χ0n) is 14.8. The number of carbonyl (C=O) groups is 2. The summed E-state index contributed by atoms with van der Waals surface area (Å²) < 4.78 is 0. The largest absolute Gasteiger partial charge is 0.325 e. The summed E-state index contributed by atoms with van der Waals surface area (Å²) in [4.78, 5) is 29.2. The third-order valence-electron chi connectivity index (χ3n) is 3.74. The quantitative estimate of drug-likeness (QED) is 0.626. The number of anilines is 2. The molecule has 0 bridgehead atoms. The molecule has 0 aliphatic rings. The number of aryl methyl sites for hydroxylation is 1. The van der Waals surface area contributed by atoms with Crippen LogP contribution < -0.4 is 10.6 Å². The van der Waals surface area contributed by atoms with Gasteiger partial charge in [0.05, 0.1) is 5.75 Å². The van der Waals surface area contributed by atoms with Crippen LogP contribution in [0, 0.1) is 6.92 Å². The lowest BCUT2D eigenvalue weighted by Gasteiger charge is -2.08. The zero-order valence-corrected chi connectivity index (χ0v) is 15.6. The van der Waals surface area contributed by atoms with E-state index in [0.717, 1.165) is 16.1 Å². The molecular formula is C21H19N3O2S. The number of nitrogens with zero attached hydrogens (tertiary/aromatic N) is 1. The second-order valence-electron chi connectivity index (χ2n) is 5.92. The van der Waals surface area contributed by atoms with E-state index in [2.05, 4.69) is 15.6 Å². The first kappa shape index (κ1) is 18.7. The number of rotatable bonds is 6. The highest BCUT2D eigenvalue weighted by Crippen LogP contribution is 2.22. The van der Waals surface area contributed by atoms with Crippen LogP contribution in [0.3, 0.4) is 0 Å². The van der Waals surface area contributed by atoms with Crippen molar-refractivity contribution in [2.75, 3.05) is 16.4 Å². The summed E-state index contributed by atoms with van der Waals surface area (Å²) >= 11 is 1.41. The van der Waals surface area contributed by atoms with E-state index in [1.54, 1.807) is 36.7 Å². The van der Waals surface area contributed by atoms with Crippen molar-refractivity contribution in [1.82, 2.24) is 4.98 Å². The minimum absolute atomic E-state index is 0.0969. The van der Waals surface area contributed by atoms with Crippen molar-refractivity contribution >= 4 is 35.0 Å². The van der Waals surface area contributed by atoms with Gasteiger partial charge < -0.3 is 10.6 Å². The molecule has 1 heterocycles. The molecule has 5 nitrogen and oxygen atoms in total. The van der Waals surface area contributed by atoms with E-state index in [-0.39, 0.29) is 17.6 Å². The second-order valence-corrected chi connectivity index (χ2v) is 6.97. The van der Waals surface area contributed by atoms with Crippen LogP contribution >= 0.6 is 11.8 Å². The third kappa shape index (κ3) is 5.69. The summed E-state index contributed by atoms with van der Waals surface area (Å²) in [7, 11) is 0. The fourth-order valence-corrected chi connectivity index (χ4v) is 3.11. The van der Waals surface area contributed by atoms with Crippen LogP contribution in [-0.4, -0.2) is 22.6 Å². The maximum atomic E-state index is 12.3. The van der Waals surface area contributed by atoms with Crippen molar-refractivity contribution in [2.24, 2.45) is 0 Å². The summed E-state index contributed by atoms with van der Waals surface area (Å²) in [5.74, 6) is 0.0189. The first-order valence-electron chi connectivity index (χ1n) is 8.41. The number of carbonyl (C=O) groups excluding carboxylic acids is 2. The smallest absolute Gasteiger partial charge is 0.255 e. The predicted molar refractivity (Wildman–Crippen MR) is 109 cm³/mol. The molecule has 6 heteroatoms. The van der Waals surface area contributed by atoms with Crippen LogP contribution in [0.15, 0.2) is 78.0 Å². The molecule has 2 aromatic carbocycles. The Kier molecular flexibility index (Phi) is 6.22. The molecular weight excluding hydrogens is 358 g/mol. The Labute approximate surface area is 162 Å². The number of hydrogen-bond acceptors (Lipinski definition) is 4. The summed E-state index contributed by atoms with van der Waals surface area (Å²) in [6.45, 7) is 1.98. The van der Waals surface area contributed by atoms with Gasteiger partial charge in [0.2, 0.25) is 5.91 Å². The molecule has 136 valence electrons. The molecule has 0 spiro atoms. The second kappa shape index (κ2) is 9.00. The van der Waals surface area contributed by atoms with Crippen molar-refractivity contribution in [2.45, 2.75) is 11.8 Å². The van der Waals surface area contributed by atoms with Gasteiger partial charge >= 0.3 is 0 Å². The lowest BCUT2D eigenvalue weighted by Crippen LogP contribution is -2.14. The van der Waals surface area contributed by atoms with Crippen molar-refractivity contribution < 1.29 is 9.59 Å². The molecule has 2 amide bonds. The first-order chi connectivity index (χ1) is 13.1. The lowest BCUT2D eigenvalue weighted by molar-refractivity contribution is -0.113. The number of benzene rings is 2. The SMILES string of the molecule is Cc1ccc(C(=O)Nc2cccc(SCC(=O)Nc3ccncc3)c2)cc1. The Balaban J connectivity index is 1.56. The molecule has 1 aromatic heterocycles. The van der Waals surface area contributed by atoms with Gasteiger partial charge in [0.1, 0.15) is 0 Å². The van der Waals surface area contributed by atoms with Gasteiger partial charge in [0.25, 0.3) is 5.91 Å². The van der Waals surface area contributed by atoms with Gasteiger partial charge in [-0.25, -0.2) is 0 Å². The van der Waals surface area contributed by atoms with E-state index in [0.29, 0.717) is 11.3 Å². The normalized spacial score (nSPS) is 10.3. The minimum atomic E-state index is -0.160. The molecule has 2 N–H and O–H groups in total. The fourth-order valence-electron chi connectivity index (χ4n) is 2.35. The number of thioether (sulfide) groups is 1. The first-order valence-corrected chi connectivity index (χ1v) is 9.39. The maximum absolute atomic E-state index is 12.3. The van der Waals surface area contributed by atoms with Gasteiger partial charge in [0.15, 0.2) is 0 Å². The maximum Gasteiger partial charge on any atom is 0.255 e. The monoisotopic (exact) mass is 377 g/mol. The van der Waals surface area contributed by atoms with Gasteiger partial charge in [-0.3, -0.25) is 14.6 Å². The van der Waals surface area contributed by atoms with Gasteiger partial charge in [-0.2, -0.15) is 0 Å². The van der Waals surface area contributed by atoms with E-state index in [1.807, 2.05) is 43.3 Å². The zero-order chi connectivity index (χ0) is 19.1. The van der Waals surface area contributed by atoms with Crippen LogP contribution in [-0.2, 0) is 4.79 Å². The summed E-state index contributed by atoms with van der Waals surface area (Å²) in [5, 5.41) is 5.70. The molecule has 0 radical (unpaired) electrons. The van der Waals surface area contributed by atoms with Gasteiger partial charge in [-0.1, -0.05) is 23.8 Å². The summed E-state index contributed by atoms with van der Waals surface area (Å²) in [6, 6.07) is 18.3. The highest BCUT2D eigenvalue weighted by molar-refractivity contribution is 8.00. The average molecular weight is 377 g/mol. The number of amides is 2. The topological polar surface area (TPSA) is 71.1 Å². The Morgan fingerprint density at radius 1 is 0.926 bits per heavy atom. The Hall–Kier alpha value is -3.12.